The molecular weight excluding hydrogens is 206 g/mol. The molecule has 1 aliphatic rings. The molecule has 0 saturated carbocycles. The summed E-state index contributed by atoms with van der Waals surface area (Å²) in [7, 11) is 0. The van der Waals surface area contributed by atoms with E-state index in [1.165, 1.54) is 0 Å². The Labute approximate surface area is 96.4 Å². The van der Waals surface area contributed by atoms with Gasteiger partial charge in [-0.3, -0.25) is 4.79 Å². The van der Waals surface area contributed by atoms with E-state index in [9.17, 15) is 4.79 Å². The van der Waals surface area contributed by atoms with Crippen LogP contribution in [0.2, 0.25) is 0 Å². The Kier molecular flexibility index (Phi) is 5.23. The minimum absolute atomic E-state index is 0.0463. The number of carbonyl (C=O) groups is 1. The van der Waals surface area contributed by atoms with Crippen LogP contribution in [0.5, 0.6) is 0 Å². The molecule has 0 aromatic rings. The molecule has 0 radical (unpaired) electrons. The molecule has 1 amide bonds. The lowest BCUT2D eigenvalue weighted by Gasteiger charge is -2.30. The molecule has 1 N–H and O–H groups in total. The van der Waals surface area contributed by atoms with Crippen LogP contribution in [-0.4, -0.2) is 49.2 Å². The molecule has 0 aromatic carbocycles. The molecule has 5 nitrogen and oxygen atoms in total. The summed E-state index contributed by atoms with van der Waals surface area (Å²) in [5, 5.41) is 11.7. The smallest absolute Gasteiger partial charge is 0.239 e. The Bertz CT molecular complexity index is 269. The number of rotatable bonds is 4. The van der Waals surface area contributed by atoms with Gasteiger partial charge in [0.15, 0.2) is 0 Å². The van der Waals surface area contributed by atoms with E-state index in [-0.39, 0.29) is 18.0 Å². The highest BCUT2D eigenvalue weighted by atomic mass is 16.5. The first-order valence-corrected chi connectivity index (χ1v) is 5.64. The van der Waals surface area contributed by atoms with Gasteiger partial charge >= 0.3 is 0 Å². The lowest BCUT2D eigenvalue weighted by atomic mass is 10.2. The molecule has 0 aliphatic carbocycles. The topological polar surface area (TPSA) is 65.4 Å². The zero-order valence-corrected chi connectivity index (χ0v) is 9.90. The SMILES string of the molecule is CC(CC#N)NC(C)C(=O)N1CCOCC1. The third kappa shape index (κ3) is 3.80. The standard InChI is InChI=1S/C11H19N3O2/c1-9(3-4-12)13-10(2)11(15)14-5-7-16-8-6-14/h9-10,13H,3,5-8H2,1-2H3. The molecule has 1 rings (SSSR count). The second-order valence-corrected chi connectivity index (χ2v) is 4.09. The predicted molar refractivity (Wildman–Crippen MR) is 59.7 cm³/mol. The summed E-state index contributed by atoms with van der Waals surface area (Å²) < 4.78 is 5.19. The van der Waals surface area contributed by atoms with Gasteiger partial charge in [0.1, 0.15) is 0 Å². The number of carbonyl (C=O) groups excluding carboxylic acids is 1. The van der Waals surface area contributed by atoms with Crippen LogP contribution in [0, 0.1) is 11.3 Å². The van der Waals surface area contributed by atoms with Crippen LogP contribution in [0.4, 0.5) is 0 Å². The van der Waals surface area contributed by atoms with Crippen LogP contribution < -0.4 is 5.32 Å². The number of ether oxygens (including phenoxy) is 1. The van der Waals surface area contributed by atoms with Crippen molar-refractivity contribution in [3.8, 4) is 6.07 Å². The van der Waals surface area contributed by atoms with Gasteiger partial charge < -0.3 is 15.0 Å². The highest BCUT2D eigenvalue weighted by Gasteiger charge is 2.22. The van der Waals surface area contributed by atoms with Crippen molar-refractivity contribution in [1.82, 2.24) is 10.2 Å². The molecule has 90 valence electrons. The van der Waals surface area contributed by atoms with Crippen molar-refractivity contribution in [3.05, 3.63) is 0 Å². The highest BCUT2D eigenvalue weighted by Crippen LogP contribution is 2.02. The Morgan fingerprint density at radius 1 is 1.50 bits per heavy atom. The monoisotopic (exact) mass is 225 g/mol. The Morgan fingerprint density at radius 3 is 2.69 bits per heavy atom. The molecule has 2 unspecified atom stereocenters. The van der Waals surface area contributed by atoms with E-state index in [4.69, 9.17) is 10.00 Å². The fourth-order valence-electron chi connectivity index (χ4n) is 1.75. The van der Waals surface area contributed by atoms with Gasteiger partial charge in [-0.2, -0.15) is 5.26 Å². The number of amides is 1. The van der Waals surface area contributed by atoms with Gasteiger partial charge in [0.2, 0.25) is 5.91 Å². The third-order valence-electron chi connectivity index (χ3n) is 2.63. The molecule has 0 bridgehead atoms. The van der Waals surface area contributed by atoms with Crippen LogP contribution in [0.25, 0.3) is 0 Å². The maximum atomic E-state index is 12.0. The second kappa shape index (κ2) is 6.46. The van der Waals surface area contributed by atoms with Crippen molar-refractivity contribution in [3.63, 3.8) is 0 Å². The molecule has 16 heavy (non-hydrogen) atoms. The molecule has 1 aliphatic heterocycles. The lowest BCUT2D eigenvalue weighted by molar-refractivity contribution is -0.137. The zero-order valence-electron chi connectivity index (χ0n) is 9.90. The summed E-state index contributed by atoms with van der Waals surface area (Å²) in [6.07, 6.45) is 0.417. The fourth-order valence-corrected chi connectivity index (χ4v) is 1.75. The number of nitriles is 1. The normalized spacial score (nSPS) is 19.9. The average Bonchev–Trinajstić information content (AvgIpc) is 2.29. The predicted octanol–water partition coefficient (Wildman–Crippen LogP) is 0.125. The van der Waals surface area contributed by atoms with E-state index in [0.29, 0.717) is 32.7 Å². The molecule has 1 heterocycles. The summed E-state index contributed by atoms with van der Waals surface area (Å²) in [6, 6.07) is 1.90. The highest BCUT2D eigenvalue weighted by molar-refractivity contribution is 5.81. The molecule has 1 fully saturated rings. The van der Waals surface area contributed by atoms with Crippen LogP contribution in [0.15, 0.2) is 0 Å². The van der Waals surface area contributed by atoms with Crippen molar-refractivity contribution in [2.45, 2.75) is 32.4 Å². The van der Waals surface area contributed by atoms with E-state index in [1.54, 1.807) is 4.90 Å². The van der Waals surface area contributed by atoms with Crippen LogP contribution in [0.1, 0.15) is 20.3 Å². The summed E-state index contributed by atoms with van der Waals surface area (Å²) in [5.74, 6) is 0.0908. The molecule has 5 heteroatoms. The first kappa shape index (κ1) is 12.9. The van der Waals surface area contributed by atoms with Gasteiger partial charge in [-0.05, 0) is 13.8 Å². The number of hydrogen-bond acceptors (Lipinski definition) is 4. The second-order valence-electron chi connectivity index (χ2n) is 4.09. The van der Waals surface area contributed by atoms with Gasteiger partial charge in [0, 0.05) is 19.1 Å². The Hall–Kier alpha value is -1.12. The summed E-state index contributed by atoms with van der Waals surface area (Å²) in [6.45, 7) is 6.31. The Balaban J connectivity index is 2.37. The summed E-state index contributed by atoms with van der Waals surface area (Å²) in [5.41, 5.74) is 0. The Morgan fingerprint density at radius 2 is 2.12 bits per heavy atom. The number of nitrogens with zero attached hydrogens (tertiary/aromatic N) is 2. The number of hydrogen-bond donors (Lipinski definition) is 1. The zero-order chi connectivity index (χ0) is 12.0. The quantitative estimate of drug-likeness (QED) is 0.738. The maximum absolute atomic E-state index is 12.0. The van der Waals surface area contributed by atoms with Crippen molar-refractivity contribution in [2.75, 3.05) is 26.3 Å². The minimum atomic E-state index is -0.235. The molecule has 0 aromatic heterocycles. The van der Waals surface area contributed by atoms with Gasteiger partial charge in [-0.15, -0.1) is 0 Å². The van der Waals surface area contributed by atoms with Crippen LogP contribution in [0.3, 0.4) is 0 Å². The third-order valence-corrected chi connectivity index (χ3v) is 2.63. The summed E-state index contributed by atoms with van der Waals surface area (Å²) >= 11 is 0. The van der Waals surface area contributed by atoms with Crippen molar-refractivity contribution in [2.24, 2.45) is 0 Å². The molecule has 2 atom stereocenters. The first-order chi connectivity index (χ1) is 7.65. The molecule has 0 spiro atoms. The average molecular weight is 225 g/mol. The van der Waals surface area contributed by atoms with Crippen LogP contribution in [-0.2, 0) is 9.53 Å². The first-order valence-electron chi connectivity index (χ1n) is 5.64. The minimum Gasteiger partial charge on any atom is -0.378 e. The number of nitrogens with one attached hydrogen (secondary N) is 1. The van der Waals surface area contributed by atoms with Crippen LogP contribution >= 0.6 is 0 Å². The van der Waals surface area contributed by atoms with E-state index in [2.05, 4.69) is 11.4 Å². The van der Waals surface area contributed by atoms with Crippen molar-refractivity contribution >= 4 is 5.91 Å². The summed E-state index contributed by atoms with van der Waals surface area (Å²) in [4.78, 5) is 13.8. The van der Waals surface area contributed by atoms with Crippen molar-refractivity contribution < 1.29 is 9.53 Å². The molecular formula is C11H19N3O2. The van der Waals surface area contributed by atoms with E-state index in [1.807, 2.05) is 13.8 Å². The molecule has 1 saturated heterocycles. The number of morpholine rings is 1. The van der Waals surface area contributed by atoms with Gasteiger partial charge in [-0.25, -0.2) is 0 Å². The van der Waals surface area contributed by atoms with Gasteiger partial charge in [0.05, 0.1) is 31.7 Å². The lowest BCUT2D eigenvalue weighted by Crippen LogP contribution is -2.50. The van der Waals surface area contributed by atoms with E-state index >= 15 is 0 Å². The maximum Gasteiger partial charge on any atom is 0.239 e. The van der Waals surface area contributed by atoms with Gasteiger partial charge in [0.25, 0.3) is 0 Å². The van der Waals surface area contributed by atoms with E-state index < -0.39 is 0 Å². The van der Waals surface area contributed by atoms with Crippen molar-refractivity contribution in [1.29, 1.82) is 5.26 Å². The fraction of sp³-hybridized carbons (Fsp3) is 0.818. The van der Waals surface area contributed by atoms with E-state index in [0.717, 1.165) is 0 Å². The largest absolute Gasteiger partial charge is 0.378 e. The van der Waals surface area contributed by atoms with Gasteiger partial charge in [-0.1, -0.05) is 0 Å².